The highest BCUT2D eigenvalue weighted by molar-refractivity contribution is 5.77. The van der Waals surface area contributed by atoms with Crippen molar-refractivity contribution in [3.05, 3.63) is 17.5 Å². The van der Waals surface area contributed by atoms with Crippen molar-refractivity contribution in [2.45, 2.75) is 40.7 Å². The zero-order chi connectivity index (χ0) is 13.8. The maximum absolute atomic E-state index is 12.0. The third-order valence-corrected chi connectivity index (χ3v) is 3.08. The van der Waals surface area contributed by atoms with Crippen LogP contribution in [0.1, 0.15) is 32.2 Å². The van der Waals surface area contributed by atoms with Crippen LogP contribution in [0.4, 0.5) is 0 Å². The third-order valence-electron chi connectivity index (χ3n) is 3.08. The second-order valence-corrected chi connectivity index (χ2v) is 4.75. The second-order valence-electron chi connectivity index (χ2n) is 4.75. The molecule has 0 amide bonds. The largest absolute Gasteiger partial charge is 0.466 e. The summed E-state index contributed by atoms with van der Waals surface area (Å²) >= 11 is 0. The van der Waals surface area contributed by atoms with E-state index >= 15 is 0 Å². The number of carbonyl (C=O) groups excluding carboxylic acids is 1. The first-order valence-corrected chi connectivity index (χ1v) is 6.37. The molecule has 0 aliphatic heterocycles. The Balaban J connectivity index is 2.94. The molecule has 18 heavy (non-hydrogen) atoms. The average Bonchev–Trinajstić information content (AvgIpc) is 2.69. The van der Waals surface area contributed by atoms with E-state index in [-0.39, 0.29) is 12.5 Å². The predicted molar refractivity (Wildman–Crippen MR) is 70.1 cm³/mol. The van der Waals surface area contributed by atoms with Crippen LogP contribution < -0.4 is 5.73 Å². The van der Waals surface area contributed by atoms with Gasteiger partial charge in [-0.05, 0) is 33.8 Å². The zero-order valence-corrected chi connectivity index (χ0v) is 11.7. The maximum Gasteiger partial charge on any atom is 0.313 e. The Morgan fingerprint density at radius 2 is 2.22 bits per heavy atom. The van der Waals surface area contributed by atoms with Crippen LogP contribution in [-0.4, -0.2) is 28.9 Å². The van der Waals surface area contributed by atoms with Gasteiger partial charge in [0.2, 0.25) is 0 Å². The number of hydrogen-bond acceptors (Lipinski definition) is 4. The summed E-state index contributed by atoms with van der Waals surface area (Å²) in [5, 5.41) is 4.38. The molecule has 5 nitrogen and oxygen atoms in total. The first-order valence-electron chi connectivity index (χ1n) is 6.37. The van der Waals surface area contributed by atoms with Crippen LogP contribution in [0.15, 0.2) is 6.07 Å². The highest BCUT2D eigenvalue weighted by Crippen LogP contribution is 2.23. The van der Waals surface area contributed by atoms with Crippen LogP contribution in [0.3, 0.4) is 0 Å². The fraction of sp³-hybridized carbons (Fsp3) is 0.692. The molecule has 1 rings (SSSR count). The van der Waals surface area contributed by atoms with Crippen molar-refractivity contribution in [1.29, 1.82) is 0 Å². The molecule has 0 aliphatic rings. The molecule has 0 fully saturated rings. The molecule has 2 N–H and O–H groups in total. The van der Waals surface area contributed by atoms with Gasteiger partial charge in [-0.1, -0.05) is 0 Å². The molecule has 102 valence electrons. The van der Waals surface area contributed by atoms with Crippen molar-refractivity contribution in [1.82, 2.24) is 9.78 Å². The van der Waals surface area contributed by atoms with E-state index in [4.69, 9.17) is 10.5 Å². The highest BCUT2D eigenvalue weighted by atomic mass is 16.5. The van der Waals surface area contributed by atoms with Crippen molar-refractivity contribution in [3.63, 3.8) is 0 Å². The third kappa shape index (κ3) is 3.10. The molecule has 0 radical (unpaired) electrons. The van der Waals surface area contributed by atoms with E-state index in [1.165, 1.54) is 0 Å². The van der Waals surface area contributed by atoms with E-state index in [2.05, 4.69) is 5.10 Å². The van der Waals surface area contributed by atoms with Gasteiger partial charge in [0.15, 0.2) is 0 Å². The lowest BCUT2D eigenvalue weighted by Crippen LogP contribution is -2.39. The number of aryl methyl sites for hydroxylation is 2. The molecular formula is C13H23N3O2. The summed E-state index contributed by atoms with van der Waals surface area (Å²) in [4.78, 5) is 12.0. The number of nitrogens with two attached hydrogens (primary N) is 1. The SMILES string of the molecule is CCOC(=O)C(C)(CN)Cc1cc(C)nn1CC. The number of hydrogen-bond donors (Lipinski definition) is 1. The van der Waals surface area contributed by atoms with E-state index in [9.17, 15) is 4.79 Å². The van der Waals surface area contributed by atoms with Crippen LogP contribution in [0, 0.1) is 12.3 Å². The number of esters is 1. The maximum atomic E-state index is 12.0. The highest BCUT2D eigenvalue weighted by Gasteiger charge is 2.34. The molecule has 0 bridgehead atoms. The van der Waals surface area contributed by atoms with Crippen LogP contribution in [-0.2, 0) is 22.5 Å². The molecule has 0 spiro atoms. The lowest BCUT2D eigenvalue weighted by molar-refractivity contribution is -0.153. The Morgan fingerprint density at radius 3 is 2.72 bits per heavy atom. The van der Waals surface area contributed by atoms with Crippen LogP contribution >= 0.6 is 0 Å². The summed E-state index contributed by atoms with van der Waals surface area (Å²) < 4.78 is 7.01. The van der Waals surface area contributed by atoms with Crippen molar-refractivity contribution >= 4 is 5.97 Å². The lowest BCUT2D eigenvalue weighted by Gasteiger charge is -2.25. The first kappa shape index (κ1) is 14.7. The van der Waals surface area contributed by atoms with Crippen molar-refractivity contribution < 1.29 is 9.53 Å². The van der Waals surface area contributed by atoms with E-state index in [1.807, 2.05) is 31.5 Å². The number of carbonyl (C=O) groups is 1. The molecule has 1 aromatic rings. The van der Waals surface area contributed by atoms with Gasteiger partial charge in [0.05, 0.1) is 17.7 Å². The zero-order valence-electron chi connectivity index (χ0n) is 11.7. The fourth-order valence-corrected chi connectivity index (χ4v) is 1.95. The van der Waals surface area contributed by atoms with E-state index in [0.717, 1.165) is 17.9 Å². The summed E-state index contributed by atoms with van der Waals surface area (Å²) in [6, 6.07) is 2.00. The summed E-state index contributed by atoms with van der Waals surface area (Å²) in [5.41, 5.74) is 7.05. The van der Waals surface area contributed by atoms with Crippen molar-refractivity contribution in [2.24, 2.45) is 11.1 Å². The summed E-state index contributed by atoms with van der Waals surface area (Å²) in [5.74, 6) is -0.242. The summed E-state index contributed by atoms with van der Waals surface area (Å²) in [7, 11) is 0. The summed E-state index contributed by atoms with van der Waals surface area (Å²) in [6.45, 7) is 9.04. The van der Waals surface area contributed by atoms with E-state index < -0.39 is 5.41 Å². The smallest absolute Gasteiger partial charge is 0.313 e. The number of nitrogens with zero attached hydrogens (tertiary/aromatic N) is 2. The van der Waals surface area contributed by atoms with Gasteiger partial charge in [-0.2, -0.15) is 5.10 Å². The molecular weight excluding hydrogens is 230 g/mol. The molecule has 1 unspecified atom stereocenters. The Bertz CT molecular complexity index is 414. The average molecular weight is 253 g/mol. The standard InChI is InChI=1S/C13H23N3O2/c1-5-16-11(7-10(3)15-16)8-13(4,9-14)12(17)18-6-2/h7H,5-6,8-9,14H2,1-4H3. The molecule has 0 saturated carbocycles. The predicted octanol–water partition coefficient (Wildman–Crippen LogP) is 1.28. The van der Waals surface area contributed by atoms with Crippen molar-refractivity contribution in [2.75, 3.05) is 13.2 Å². The van der Waals surface area contributed by atoms with Crippen LogP contribution in [0.2, 0.25) is 0 Å². The molecule has 0 aliphatic carbocycles. The molecule has 1 atom stereocenters. The van der Waals surface area contributed by atoms with Crippen LogP contribution in [0.25, 0.3) is 0 Å². The first-order chi connectivity index (χ1) is 8.46. The Kier molecular flexibility index (Phi) is 4.90. The van der Waals surface area contributed by atoms with Gasteiger partial charge >= 0.3 is 5.97 Å². The summed E-state index contributed by atoms with van der Waals surface area (Å²) in [6.07, 6.45) is 0.553. The molecule has 1 aromatic heterocycles. The topological polar surface area (TPSA) is 70.1 Å². The lowest BCUT2D eigenvalue weighted by atomic mass is 9.85. The second kappa shape index (κ2) is 6.00. The number of aromatic nitrogens is 2. The molecule has 5 heteroatoms. The van der Waals surface area contributed by atoms with Crippen LogP contribution in [0.5, 0.6) is 0 Å². The number of rotatable bonds is 6. The molecule has 0 aromatic carbocycles. The van der Waals surface area contributed by atoms with Gasteiger partial charge < -0.3 is 10.5 Å². The normalized spacial score (nSPS) is 14.3. The van der Waals surface area contributed by atoms with Gasteiger partial charge in [-0.15, -0.1) is 0 Å². The Morgan fingerprint density at radius 1 is 1.56 bits per heavy atom. The molecule has 1 heterocycles. The molecule has 0 saturated heterocycles. The van der Waals surface area contributed by atoms with Gasteiger partial charge in [-0.25, -0.2) is 0 Å². The van der Waals surface area contributed by atoms with E-state index in [1.54, 1.807) is 6.92 Å². The monoisotopic (exact) mass is 253 g/mol. The Hall–Kier alpha value is -1.36. The fourth-order valence-electron chi connectivity index (χ4n) is 1.95. The van der Waals surface area contributed by atoms with E-state index in [0.29, 0.717) is 13.0 Å². The van der Waals surface area contributed by atoms with Gasteiger partial charge in [-0.3, -0.25) is 9.48 Å². The number of ether oxygens (including phenoxy) is 1. The van der Waals surface area contributed by atoms with Crippen molar-refractivity contribution in [3.8, 4) is 0 Å². The van der Waals surface area contributed by atoms with Gasteiger partial charge in [0.1, 0.15) is 0 Å². The quantitative estimate of drug-likeness (QED) is 0.775. The Labute approximate surface area is 108 Å². The minimum atomic E-state index is -0.685. The minimum absolute atomic E-state index is 0.242. The van der Waals surface area contributed by atoms with Gasteiger partial charge in [0.25, 0.3) is 0 Å². The minimum Gasteiger partial charge on any atom is -0.466 e. The van der Waals surface area contributed by atoms with Gasteiger partial charge in [0, 0.05) is 25.2 Å².